The number of amides is 1. The van der Waals surface area contributed by atoms with E-state index in [2.05, 4.69) is 10.3 Å². The van der Waals surface area contributed by atoms with E-state index in [1.54, 1.807) is 6.20 Å². The molecule has 1 heterocycles. The van der Waals surface area contributed by atoms with Crippen molar-refractivity contribution in [1.82, 2.24) is 10.3 Å². The Morgan fingerprint density at radius 2 is 1.77 bits per heavy atom. The second-order valence-corrected chi connectivity index (χ2v) is 6.67. The summed E-state index contributed by atoms with van der Waals surface area (Å²) in [6.07, 6.45) is 3.04. The van der Waals surface area contributed by atoms with Gasteiger partial charge < -0.3 is 10.4 Å². The zero-order valence-electron chi connectivity index (χ0n) is 14.9. The molecular formula is C22H24N2O2. The number of aromatic nitrogens is 1. The van der Waals surface area contributed by atoms with Gasteiger partial charge in [-0.2, -0.15) is 0 Å². The fourth-order valence-electron chi connectivity index (χ4n) is 3.16. The molecule has 26 heavy (non-hydrogen) atoms. The topological polar surface area (TPSA) is 62.2 Å². The Kier molecular flexibility index (Phi) is 5.97. The molecule has 0 radical (unpaired) electrons. The van der Waals surface area contributed by atoms with Crippen LogP contribution in [0.2, 0.25) is 0 Å². The smallest absolute Gasteiger partial charge is 0.223 e. The Morgan fingerprint density at radius 3 is 2.54 bits per heavy atom. The third-order valence-electron chi connectivity index (χ3n) is 4.60. The van der Waals surface area contributed by atoms with Crippen molar-refractivity contribution in [3.8, 4) is 0 Å². The molecule has 0 aliphatic rings. The number of carbonyl (C=O) groups is 1. The van der Waals surface area contributed by atoms with Crippen LogP contribution in [-0.4, -0.2) is 28.6 Å². The maximum Gasteiger partial charge on any atom is 0.223 e. The molecule has 0 saturated heterocycles. The lowest BCUT2D eigenvalue weighted by Crippen LogP contribution is -2.42. The first-order valence-corrected chi connectivity index (χ1v) is 8.95. The van der Waals surface area contributed by atoms with E-state index >= 15 is 0 Å². The predicted molar refractivity (Wildman–Crippen MR) is 104 cm³/mol. The number of hydrogen-bond acceptors (Lipinski definition) is 3. The third kappa shape index (κ3) is 4.46. The summed E-state index contributed by atoms with van der Waals surface area (Å²) in [5, 5.41) is 13.7. The summed E-state index contributed by atoms with van der Waals surface area (Å²) in [6, 6.07) is 19.5. The first-order valence-electron chi connectivity index (χ1n) is 8.95. The van der Waals surface area contributed by atoms with Gasteiger partial charge in [0, 0.05) is 17.5 Å². The maximum absolute atomic E-state index is 12.6. The lowest BCUT2D eigenvalue weighted by atomic mass is 9.97. The SMILES string of the molecule is CC(Cc1ccnc2ccccc12)C(=O)NC(CO)Cc1ccccc1. The summed E-state index contributed by atoms with van der Waals surface area (Å²) in [7, 11) is 0. The quantitative estimate of drug-likeness (QED) is 0.689. The minimum Gasteiger partial charge on any atom is -0.394 e. The van der Waals surface area contributed by atoms with Gasteiger partial charge in [0.2, 0.25) is 5.91 Å². The van der Waals surface area contributed by atoms with Crippen LogP contribution in [0.1, 0.15) is 18.1 Å². The largest absolute Gasteiger partial charge is 0.394 e. The van der Waals surface area contributed by atoms with Crippen molar-refractivity contribution >= 4 is 16.8 Å². The van der Waals surface area contributed by atoms with Crippen molar-refractivity contribution < 1.29 is 9.90 Å². The van der Waals surface area contributed by atoms with E-state index in [1.165, 1.54) is 0 Å². The fourth-order valence-corrected chi connectivity index (χ4v) is 3.16. The molecular weight excluding hydrogens is 324 g/mol. The summed E-state index contributed by atoms with van der Waals surface area (Å²) in [5.74, 6) is -0.230. The molecule has 134 valence electrons. The molecule has 1 amide bonds. The number of fused-ring (bicyclic) bond motifs is 1. The average molecular weight is 348 g/mol. The van der Waals surface area contributed by atoms with Gasteiger partial charge >= 0.3 is 0 Å². The molecule has 3 aromatic rings. The van der Waals surface area contributed by atoms with Crippen LogP contribution in [0.15, 0.2) is 66.9 Å². The molecule has 0 saturated carbocycles. The number of pyridine rings is 1. The standard InChI is InChI=1S/C22H24N2O2/c1-16(13-18-11-12-23-21-10-6-5-9-20(18)21)22(26)24-19(15-25)14-17-7-3-2-4-8-17/h2-12,16,19,25H,13-15H2,1H3,(H,24,26). The normalized spacial score (nSPS) is 13.3. The van der Waals surface area contributed by atoms with Crippen LogP contribution in [0.5, 0.6) is 0 Å². The van der Waals surface area contributed by atoms with Crippen LogP contribution < -0.4 is 5.32 Å². The summed E-state index contributed by atoms with van der Waals surface area (Å²) in [6.45, 7) is 1.84. The molecule has 0 spiro atoms. The van der Waals surface area contributed by atoms with E-state index < -0.39 is 0 Å². The van der Waals surface area contributed by atoms with Crippen molar-refractivity contribution in [2.24, 2.45) is 5.92 Å². The van der Waals surface area contributed by atoms with E-state index in [0.717, 1.165) is 22.0 Å². The summed E-state index contributed by atoms with van der Waals surface area (Å²) in [4.78, 5) is 17.0. The number of nitrogens with zero attached hydrogens (tertiary/aromatic N) is 1. The summed E-state index contributed by atoms with van der Waals surface area (Å²) in [5.41, 5.74) is 3.15. The van der Waals surface area contributed by atoms with Crippen LogP contribution in [0.25, 0.3) is 10.9 Å². The van der Waals surface area contributed by atoms with E-state index in [1.807, 2.05) is 67.6 Å². The van der Waals surface area contributed by atoms with Gasteiger partial charge in [-0.05, 0) is 36.1 Å². The van der Waals surface area contributed by atoms with Gasteiger partial charge in [0.05, 0.1) is 18.2 Å². The van der Waals surface area contributed by atoms with Crippen LogP contribution in [-0.2, 0) is 17.6 Å². The number of aliphatic hydroxyl groups is 1. The molecule has 0 aliphatic heterocycles. The number of para-hydroxylation sites is 1. The Balaban J connectivity index is 1.65. The van der Waals surface area contributed by atoms with Crippen LogP contribution in [0, 0.1) is 5.92 Å². The molecule has 2 atom stereocenters. The predicted octanol–water partition coefficient (Wildman–Crippen LogP) is 3.13. The van der Waals surface area contributed by atoms with Crippen molar-refractivity contribution in [3.63, 3.8) is 0 Å². The van der Waals surface area contributed by atoms with Crippen molar-refractivity contribution in [2.45, 2.75) is 25.8 Å². The number of carbonyl (C=O) groups excluding carboxylic acids is 1. The zero-order valence-corrected chi connectivity index (χ0v) is 14.9. The Hall–Kier alpha value is -2.72. The number of aliphatic hydroxyl groups excluding tert-OH is 1. The summed E-state index contributed by atoms with van der Waals surface area (Å²) >= 11 is 0. The Labute approximate surface area is 153 Å². The van der Waals surface area contributed by atoms with Gasteiger partial charge in [0.1, 0.15) is 0 Å². The van der Waals surface area contributed by atoms with E-state index in [9.17, 15) is 9.90 Å². The number of hydrogen-bond donors (Lipinski definition) is 2. The van der Waals surface area contributed by atoms with Crippen molar-refractivity contribution in [3.05, 3.63) is 78.0 Å². The van der Waals surface area contributed by atoms with E-state index in [0.29, 0.717) is 12.8 Å². The minimum absolute atomic E-state index is 0.0409. The highest BCUT2D eigenvalue weighted by Gasteiger charge is 2.19. The minimum atomic E-state index is -0.276. The second-order valence-electron chi connectivity index (χ2n) is 6.67. The molecule has 0 aliphatic carbocycles. The van der Waals surface area contributed by atoms with Crippen LogP contribution >= 0.6 is 0 Å². The number of benzene rings is 2. The highest BCUT2D eigenvalue weighted by Crippen LogP contribution is 2.19. The van der Waals surface area contributed by atoms with Gasteiger partial charge in [0.25, 0.3) is 0 Å². The molecule has 0 fully saturated rings. The second kappa shape index (κ2) is 8.59. The van der Waals surface area contributed by atoms with Gasteiger partial charge in [-0.25, -0.2) is 0 Å². The number of rotatable bonds is 7. The molecule has 3 rings (SSSR count). The molecule has 2 unspecified atom stereocenters. The third-order valence-corrected chi connectivity index (χ3v) is 4.60. The molecule has 1 aromatic heterocycles. The maximum atomic E-state index is 12.6. The van der Waals surface area contributed by atoms with E-state index in [-0.39, 0.29) is 24.5 Å². The first-order chi connectivity index (χ1) is 12.7. The highest BCUT2D eigenvalue weighted by atomic mass is 16.3. The van der Waals surface area contributed by atoms with Crippen LogP contribution in [0.3, 0.4) is 0 Å². The first kappa shape index (κ1) is 18.1. The lowest BCUT2D eigenvalue weighted by molar-refractivity contribution is -0.125. The summed E-state index contributed by atoms with van der Waals surface area (Å²) < 4.78 is 0. The van der Waals surface area contributed by atoms with Gasteiger partial charge in [-0.1, -0.05) is 55.5 Å². The highest BCUT2D eigenvalue weighted by molar-refractivity contribution is 5.84. The van der Waals surface area contributed by atoms with Crippen molar-refractivity contribution in [2.75, 3.05) is 6.61 Å². The monoisotopic (exact) mass is 348 g/mol. The molecule has 2 aromatic carbocycles. The van der Waals surface area contributed by atoms with E-state index in [4.69, 9.17) is 0 Å². The van der Waals surface area contributed by atoms with Gasteiger partial charge in [-0.3, -0.25) is 9.78 Å². The number of nitrogens with one attached hydrogen (secondary N) is 1. The fraction of sp³-hybridized carbons (Fsp3) is 0.273. The van der Waals surface area contributed by atoms with Gasteiger partial charge in [0.15, 0.2) is 0 Å². The average Bonchev–Trinajstić information content (AvgIpc) is 2.68. The van der Waals surface area contributed by atoms with Crippen molar-refractivity contribution in [1.29, 1.82) is 0 Å². The van der Waals surface area contributed by atoms with Gasteiger partial charge in [-0.15, -0.1) is 0 Å². The zero-order chi connectivity index (χ0) is 18.4. The molecule has 0 bridgehead atoms. The Morgan fingerprint density at radius 1 is 1.04 bits per heavy atom. The van der Waals surface area contributed by atoms with Crippen LogP contribution in [0.4, 0.5) is 0 Å². The Bertz CT molecular complexity index is 859. The molecule has 4 heteroatoms. The lowest BCUT2D eigenvalue weighted by Gasteiger charge is -2.20. The molecule has 4 nitrogen and oxygen atoms in total. The molecule has 2 N–H and O–H groups in total.